The number of rotatable bonds is 2. The molecule has 0 saturated heterocycles. The van der Waals surface area contributed by atoms with Crippen LogP contribution in [0.1, 0.15) is 17.4 Å². The van der Waals surface area contributed by atoms with Gasteiger partial charge in [0, 0.05) is 24.0 Å². The molecule has 1 atom stereocenters. The molecule has 0 radical (unpaired) electrons. The minimum absolute atomic E-state index is 0.334. The molecule has 18 heavy (non-hydrogen) atoms. The van der Waals surface area contributed by atoms with Crippen LogP contribution < -0.4 is 5.73 Å². The van der Waals surface area contributed by atoms with Gasteiger partial charge in [0.25, 0.3) is 0 Å². The Labute approximate surface area is 105 Å². The number of hydrogen-bond acceptors (Lipinski definition) is 4. The minimum atomic E-state index is -0.334. The van der Waals surface area contributed by atoms with E-state index in [0.29, 0.717) is 5.82 Å². The second-order valence-corrected chi connectivity index (χ2v) is 4.00. The average molecular weight is 236 g/mol. The lowest BCUT2D eigenvalue weighted by atomic mass is 10.0. The Morgan fingerprint density at radius 2 is 1.61 bits per heavy atom. The summed E-state index contributed by atoms with van der Waals surface area (Å²) in [6.45, 7) is 0. The number of nitrogens with zero attached hydrogens (tertiary/aromatic N) is 3. The van der Waals surface area contributed by atoms with E-state index in [2.05, 4.69) is 15.0 Å². The molecule has 0 aliphatic rings. The highest BCUT2D eigenvalue weighted by atomic mass is 14.9. The van der Waals surface area contributed by atoms with Gasteiger partial charge in [-0.3, -0.25) is 4.98 Å². The molecule has 4 heteroatoms. The number of aromatic nitrogens is 3. The first kappa shape index (κ1) is 10.8. The van der Waals surface area contributed by atoms with Crippen LogP contribution in [0.4, 0.5) is 0 Å². The van der Waals surface area contributed by atoms with Gasteiger partial charge in [-0.25, -0.2) is 9.97 Å². The van der Waals surface area contributed by atoms with Crippen LogP contribution in [0.3, 0.4) is 0 Å². The van der Waals surface area contributed by atoms with E-state index in [1.165, 1.54) is 0 Å². The van der Waals surface area contributed by atoms with Gasteiger partial charge in [0.15, 0.2) is 0 Å². The Hall–Kier alpha value is -2.33. The monoisotopic (exact) mass is 236 g/mol. The highest BCUT2D eigenvalue weighted by Crippen LogP contribution is 2.24. The van der Waals surface area contributed by atoms with Crippen molar-refractivity contribution < 1.29 is 0 Å². The summed E-state index contributed by atoms with van der Waals surface area (Å²) in [6.07, 6.45) is 5.17. The molecular formula is C14H12N4. The van der Waals surface area contributed by atoms with E-state index in [4.69, 9.17) is 5.73 Å². The van der Waals surface area contributed by atoms with Crippen molar-refractivity contribution in [3.05, 3.63) is 66.4 Å². The number of hydrogen-bond donors (Lipinski definition) is 1. The summed E-state index contributed by atoms with van der Waals surface area (Å²) in [5, 5.41) is 1.04. The molecular weight excluding hydrogens is 224 g/mol. The van der Waals surface area contributed by atoms with E-state index in [1.54, 1.807) is 24.7 Å². The summed E-state index contributed by atoms with van der Waals surface area (Å²) < 4.78 is 0. The molecule has 2 heterocycles. The number of pyridine rings is 1. The fourth-order valence-electron chi connectivity index (χ4n) is 2.01. The van der Waals surface area contributed by atoms with E-state index < -0.39 is 0 Å². The molecule has 1 unspecified atom stereocenters. The third-order valence-corrected chi connectivity index (χ3v) is 2.88. The van der Waals surface area contributed by atoms with Crippen molar-refractivity contribution in [1.82, 2.24) is 15.0 Å². The van der Waals surface area contributed by atoms with E-state index in [0.717, 1.165) is 16.5 Å². The van der Waals surface area contributed by atoms with Crippen LogP contribution in [0, 0.1) is 0 Å². The first-order chi connectivity index (χ1) is 8.86. The van der Waals surface area contributed by atoms with Gasteiger partial charge in [0.2, 0.25) is 0 Å². The summed E-state index contributed by atoms with van der Waals surface area (Å²) in [6, 6.07) is 11.3. The van der Waals surface area contributed by atoms with Gasteiger partial charge in [-0.15, -0.1) is 0 Å². The van der Waals surface area contributed by atoms with E-state index in [1.807, 2.05) is 30.3 Å². The molecule has 0 saturated carbocycles. The molecule has 0 fully saturated rings. The zero-order valence-corrected chi connectivity index (χ0v) is 9.69. The summed E-state index contributed by atoms with van der Waals surface area (Å²) >= 11 is 0. The Kier molecular flexibility index (Phi) is 2.70. The van der Waals surface area contributed by atoms with Crippen molar-refractivity contribution in [1.29, 1.82) is 0 Å². The summed E-state index contributed by atoms with van der Waals surface area (Å²) in [7, 11) is 0. The molecule has 3 aromatic rings. The lowest BCUT2D eigenvalue weighted by Crippen LogP contribution is -2.15. The number of benzene rings is 1. The zero-order chi connectivity index (χ0) is 12.4. The fourth-order valence-corrected chi connectivity index (χ4v) is 2.01. The van der Waals surface area contributed by atoms with Crippen LogP contribution in [0.5, 0.6) is 0 Å². The normalized spacial score (nSPS) is 12.5. The Bertz CT molecular complexity index is 661. The standard InChI is InChI=1S/C14H12N4/c15-13(14-17-8-3-9-18-14)11-4-1-6-12-10(11)5-2-7-16-12/h1-9,13H,15H2. The highest BCUT2D eigenvalue weighted by Gasteiger charge is 2.14. The van der Waals surface area contributed by atoms with E-state index in [9.17, 15) is 0 Å². The van der Waals surface area contributed by atoms with Gasteiger partial charge in [-0.1, -0.05) is 18.2 Å². The highest BCUT2D eigenvalue weighted by molar-refractivity contribution is 5.82. The van der Waals surface area contributed by atoms with Crippen molar-refractivity contribution in [2.75, 3.05) is 0 Å². The molecule has 0 bridgehead atoms. The second-order valence-electron chi connectivity index (χ2n) is 4.00. The summed E-state index contributed by atoms with van der Waals surface area (Å²) in [5.74, 6) is 0.619. The molecule has 4 nitrogen and oxygen atoms in total. The first-order valence-electron chi connectivity index (χ1n) is 5.72. The van der Waals surface area contributed by atoms with Gasteiger partial charge in [-0.05, 0) is 23.8 Å². The lowest BCUT2D eigenvalue weighted by molar-refractivity contribution is 0.786. The Morgan fingerprint density at radius 3 is 2.44 bits per heavy atom. The number of nitrogens with two attached hydrogens (primary N) is 1. The summed E-state index contributed by atoms with van der Waals surface area (Å²) in [4.78, 5) is 12.7. The molecule has 0 aliphatic heterocycles. The van der Waals surface area contributed by atoms with Gasteiger partial charge in [-0.2, -0.15) is 0 Å². The Balaban J connectivity index is 2.15. The zero-order valence-electron chi connectivity index (χ0n) is 9.69. The van der Waals surface area contributed by atoms with Crippen LogP contribution in [0.2, 0.25) is 0 Å². The molecule has 1 aromatic carbocycles. The SMILES string of the molecule is NC(c1ncccn1)c1cccc2ncccc12. The average Bonchev–Trinajstić information content (AvgIpc) is 2.47. The minimum Gasteiger partial charge on any atom is -0.318 e. The first-order valence-corrected chi connectivity index (χ1v) is 5.72. The third-order valence-electron chi connectivity index (χ3n) is 2.88. The quantitative estimate of drug-likeness (QED) is 0.739. The maximum Gasteiger partial charge on any atom is 0.149 e. The van der Waals surface area contributed by atoms with Gasteiger partial charge >= 0.3 is 0 Å². The fraction of sp³-hybridized carbons (Fsp3) is 0.0714. The molecule has 88 valence electrons. The van der Waals surface area contributed by atoms with Crippen molar-refractivity contribution in [3.63, 3.8) is 0 Å². The van der Waals surface area contributed by atoms with Gasteiger partial charge in [0.1, 0.15) is 5.82 Å². The third kappa shape index (κ3) is 1.83. The molecule has 0 aliphatic carbocycles. The van der Waals surface area contributed by atoms with Crippen molar-refractivity contribution in [3.8, 4) is 0 Å². The van der Waals surface area contributed by atoms with E-state index >= 15 is 0 Å². The topological polar surface area (TPSA) is 64.7 Å². The van der Waals surface area contributed by atoms with Gasteiger partial charge < -0.3 is 5.73 Å². The second kappa shape index (κ2) is 4.50. The van der Waals surface area contributed by atoms with Crippen molar-refractivity contribution in [2.24, 2.45) is 5.73 Å². The van der Waals surface area contributed by atoms with Crippen LogP contribution in [-0.2, 0) is 0 Å². The Morgan fingerprint density at radius 1 is 0.833 bits per heavy atom. The molecule has 0 amide bonds. The summed E-state index contributed by atoms with van der Waals surface area (Å²) in [5.41, 5.74) is 8.15. The largest absolute Gasteiger partial charge is 0.318 e. The maximum atomic E-state index is 6.23. The predicted octanol–water partition coefficient (Wildman–Crippen LogP) is 2.07. The molecule has 2 N–H and O–H groups in total. The lowest BCUT2D eigenvalue weighted by Gasteiger charge is -2.12. The number of fused-ring (bicyclic) bond motifs is 1. The smallest absolute Gasteiger partial charge is 0.149 e. The van der Waals surface area contributed by atoms with Crippen LogP contribution in [0.25, 0.3) is 10.9 Å². The van der Waals surface area contributed by atoms with Crippen molar-refractivity contribution >= 4 is 10.9 Å². The van der Waals surface area contributed by atoms with Gasteiger partial charge in [0.05, 0.1) is 11.6 Å². The van der Waals surface area contributed by atoms with Crippen LogP contribution in [0.15, 0.2) is 55.0 Å². The van der Waals surface area contributed by atoms with Crippen molar-refractivity contribution in [2.45, 2.75) is 6.04 Å². The molecule has 3 rings (SSSR count). The maximum absolute atomic E-state index is 6.23. The molecule has 2 aromatic heterocycles. The molecule has 0 spiro atoms. The predicted molar refractivity (Wildman–Crippen MR) is 69.8 cm³/mol. The van der Waals surface area contributed by atoms with Crippen LogP contribution in [-0.4, -0.2) is 15.0 Å². The van der Waals surface area contributed by atoms with E-state index in [-0.39, 0.29) is 6.04 Å². The van der Waals surface area contributed by atoms with Crippen LogP contribution >= 0.6 is 0 Å².